The minimum Gasteiger partial charge on any atom is -0.312 e. The summed E-state index contributed by atoms with van der Waals surface area (Å²) in [4.78, 5) is 5.15. The number of piperidine rings is 1. The summed E-state index contributed by atoms with van der Waals surface area (Å²) in [5.41, 5.74) is 0. The first kappa shape index (κ1) is 15.3. The molecule has 2 rings (SSSR count). The molecule has 2 aliphatic rings. The van der Waals surface area contributed by atoms with Crippen molar-refractivity contribution in [1.29, 1.82) is 0 Å². The van der Waals surface area contributed by atoms with Gasteiger partial charge in [0.25, 0.3) is 0 Å². The van der Waals surface area contributed by atoms with Crippen molar-refractivity contribution in [3.8, 4) is 0 Å². The highest BCUT2D eigenvalue weighted by molar-refractivity contribution is 4.86. The molecule has 2 fully saturated rings. The normalized spacial score (nSPS) is 35.2. The number of hydrogen-bond donors (Lipinski definition) is 1. The maximum atomic E-state index is 3.82. The zero-order chi connectivity index (χ0) is 13.7. The molecule has 0 aliphatic carbocycles. The molecule has 0 aromatic rings. The molecule has 1 N–H and O–H groups in total. The lowest BCUT2D eigenvalue weighted by Gasteiger charge is -2.40. The van der Waals surface area contributed by atoms with Gasteiger partial charge in [0, 0.05) is 31.7 Å². The van der Waals surface area contributed by atoms with Gasteiger partial charge in [-0.1, -0.05) is 19.8 Å². The Bertz CT molecular complexity index is 248. The second kappa shape index (κ2) is 7.61. The predicted molar refractivity (Wildman–Crippen MR) is 82.6 cm³/mol. The van der Waals surface area contributed by atoms with Gasteiger partial charge in [0.2, 0.25) is 0 Å². The largest absolute Gasteiger partial charge is 0.312 e. The van der Waals surface area contributed by atoms with Crippen LogP contribution in [0.2, 0.25) is 0 Å². The molecule has 3 heteroatoms. The highest BCUT2D eigenvalue weighted by Crippen LogP contribution is 2.20. The van der Waals surface area contributed by atoms with Crippen LogP contribution >= 0.6 is 0 Å². The van der Waals surface area contributed by atoms with Gasteiger partial charge < -0.3 is 15.1 Å². The zero-order valence-electron chi connectivity index (χ0n) is 13.2. The van der Waals surface area contributed by atoms with Crippen LogP contribution in [0.15, 0.2) is 0 Å². The monoisotopic (exact) mass is 267 g/mol. The molecular weight excluding hydrogens is 234 g/mol. The van der Waals surface area contributed by atoms with E-state index in [9.17, 15) is 0 Å². The van der Waals surface area contributed by atoms with Crippen molar-refractivity contribution in [3.63, 3.8) is 0 Å². The van der Waals surface area contributed by atoms with Crippen molar-refractivity contribution in [3.05, 3.63) is 0 Å². The summed E-state index contributed by atoms with van der Waals surface area (Å²) in [6.07, 6.45) is 6.99. The maximum Gasteiger partial charge on any atom is 0.0120 e. The van der Waals surface area contributed by atoms with Gasteiger partial charge in [-0.25, -0.2) is 0 Å². The van der Waals surface area contributed by atoms with Crippen molar-refractivity contribution >= 4 is 0 Å². The van der Waals surface area contributed by atoms with E-state index in [0.717, 1.165) is 18.0 Å². The van der Waals surface area contributed by atoms with E-state index in [2.05, 4.69) is 36.0 Å². The van der Waals surface area contributed by atoms with Crippen LogP contribution in [-0.2, 0) is 0 Å². The fourth-order valence-corrected chi connectivity index (χ4v) is 3.59. The van der Waals surface area contributed by atoms with Gasteiger partial charge in [-0.3, -0.25) is 0 Å². The SMILES string of the molecule is CC1CN(C)C(C)CC1NCCN1CCCCCC1. The van der Waals surface area contributed by atoms with E-state index in [-0.39, 0.29) is 0 Å². The Morgan fingerprint density at radius 2 is 1.74 bits per heavy atom. The second-order valence-electron chi connectivity index (χ2n) is 6.82. The lowest BCUT2D eigenvalue weighted by atomic mass is 9.90. The number of likely N-dealkylation sites (tertiary alicyclic amines) is 2. The van der Waals surface area contributed by atoms with Gasteiger partial charge in [-0.2, -0.15) is 0 Å². The highest BCUT2D eigenvalue weighted by Gasteiger charge is 2.28. The molecule has 0 radical (unpaired) electrons. The van der Waals surface area contributed by atoms with Crippen LogP contribution in [0.1, 0.15) is 46.0 Å². The third-order valence-corrected chi connectivity index (χ3v) is 5.14. The molecule has 0 amide bonds. The molecule has 3 atom stereocenters. The van der Waals surface area contributed by atoms with Gasteiger partial charge in [0.15, 0.2) is 0 Å². The van der Waals surface area contributed by atoms with E-state index in [0.29, 0.717) is 0 Å². The predicted octanol–water partition coefficient (Wildman–Crippen LogP) is 2.18. The van der Waals surface area contributed by atoms with Crippen molar-refractivity contribution in [2.24, 2.45) is 5.92 Å². The Morgan fingerprint density at radius 1 is 1.05 bits per heavy atom. The van der Waals surface area contributed by atoms with Crippen molar-refractivity contribution < 1.29 is 0 Å². The van der Waals surface area contributed by atoms with Gasteiger partial charge >= 0.3 is 0 Å². The fourth-order valence-electron chi connectivity index (χ4n) is 3.59. The molecule has 19 heavy (non-hydrogen) atoms. The number of nitrogens with one attached hydrogen (secondary N) is 1. The summed E-state index contributed by atoms with van der Waals surface area (Å²) < 4.78 is 0. The molecule has 0 aromatic heterocycles. The van der Waals surface area contributed by atoms with E-state index in [1.54, 1.807) is 0 Å². The van der Waals surface area contributed by atoms with Crippen LogP contribution in [0.5, 0.6) is 0 Å². The zero-order valence-corrected chi connectivity index (χ0v) is 13.2. The van der Waals surface area contributed by atoms with Crippen molar-refractivity contribution in [2.75, 3.05) is 39.8 Å². The van der Waals surface area contributed by atoms with E-state index < -0.39 is 0 Å². The molecule has 2 heterocycles. The van der Waals surface area contributed by atoms with E-state index >= 15 is 0 Å². The summed E-state index contributed by atoms with van der Waals surface area (Å²) in [6, 6.07) is 1.45. The lowest BCUT2D eigenvalue weighted by Crippen LogP contribution is -2.52. The minimum atomic E-state index is 0.721. The fraction of sp³-hybridized carbons (Fsp3) is 1.00. The maximum absolute atomic E-state index is 3.82. The van der Waals surface area contributed by atoms with Gasteiger partial charge in [0.05, 0.1) is 0 Å². The van der Waals surface area contributed by atoms with Crippen molar-refractivity contribution in [2.45, 2.75) is 58.0 Å². The third kappa shape index (κ3) is 4.73. The van der Waals surface area contributed by atoms with Gasteiger partial charge in [0.1, 0.15) is 0 Å². The topological polar surface area (TPSA) is 18.5 Å². The Labute approximate surface area is 119 Å². The molecule has 0 saturated carbocycles. The summed E-state index contributed by atoms with van der Waals surface area (Å²) in [5, 5.41) is 3.82. The summed E-state index contributed by atoms with van der Waals surface area (Å²) >= 11 is 0. The molecule has 0 spiro atoms. The summed E-state index contributed by atoms with van der Waals surface area (Å²) in [6.45, 7) is 11.0. The van der Waals surface area contributed by atoms with Crippen LogP contribution < -0.4 is 5.32 Å². The Kier molecular flexibility index (Phi) is 6.11. The standard InChI is InChI=1S/C16H33N3/c1-14-13-18(3)15(2)12-16(14)17-8-11-19-9-6-4-5-7-10-19/h14-17H,4-13H2,1-3H3. The van der Waals surface area contributed by atoms with Crippen LogP contribution in [0.25, 0.3) is 0 Å². The summed E-state index contributed by atoms with van der Waals surface area (Å²) in [5.74, 6) is 0.783. The van der Waals surface area contributed by atoms with E-state index in [4.69, 9.17) is 0 Å². The third-order valence-electron chi connectivity index (χ3n) is 5.14. The Hall–Kier alpha value is -0.120. The molecule has 2 saturated heterocycles. The average molecular weight is 267 g/mol. The number of rotatable bonds is 4. The second-order valence-corrected chi connectivity index (χ2v) is 6.82. The molecule has 112 valence electrons. The van der Waals surface area contributed by atoms with E-state index in [1.807, 2.05) is 0 Å². The molecule has 2 aliphatic heterocycles. The van der Waals surface area contributed by atoms with Crippen molar-refractivity contribution in [1.82, 2.24) is 15.1 Å². The van der Waals surface area contributed by atoms with Crippen LogP contribution in [0.3, 0.4) is 0 Å². The molecule has 3 unspecified atom stereocenters. The first-order valence-electron chi connectivity index (χ1n) is 8.33. The number of hydrogen-bond acceptors (Lipinski definition) is 3. The van der Waals surface area contributed by atoms with E-state index in [1.165, 1.54) is 64.8 Å². The Morgan fingerprint density at radius 3 is 2.42 bits per heavy atom. The van der Waals surface area contributed by atoms with Crippen LogP contribution in [-0.4, -0.2) is 61.7 Å². The Balaban J connectivity index is 1.67. The number of nitrogens with zero attached hydrogens (tertiary/aromatic N) is 2. The quantitative estimate of drug-likeness (QED) is 0.842. The van der Waals surface area contributed by atoms with Gasteiger partial charge in [-0.15, -0.1) is 0 Å². The first-order chi connectivity index (χ1) is 9.16. The highest BCUT2D eigenvalue weighted by atomic mass is 15.2. The minimum absolute atomic E-state index is 0.721. The average Bonchev–Trinajstić information content (AvgIpc) is 2.64. The molecule has 0 aromatic carbocycles. The van der Waals surface area contributed by atoms with Gasteiger partial charge in [-0.05, 0) is 52.2 Å². The van der Waals surface area contributed by atoms with Crippen LogP contribution in [0.4, 0.5) is 0 Å². The summed E-state index contributed by atoms with van der Waals surface area (Å²) in [7, 11) is 2.26. The smallest absolute Gasteiger partial charge is 0.0120 e. The molecule has 0 bridgehead atoms. The lowest BCUT2D eigenvalue weighted by molar-refractivity contribution is 0.119. The first-order valence-corrected chi connectivity index (χ1v) is 8.33. The molecule has 3 nitrogen and oxygen atoms in total. The molecular formula is C16H33N3. The van der Waals surface area contributed by atoms with Crippen LogP contribution in [0, 0.1) is 5.92 Å².